The van der Waals surface area contributed by atoms with E-state index in [9.17, 15) is 4.79 Å². The van der Waals surface area contributed by atoms with Crippen LogP contribution in [-0.2, 0) is 10.5 Å². The van der Waals surface area contributed by atoms with Crippen molar-refractivity contribution in [2.45, 2.75) is 24.8 Å². The number of thioether (sulfide) groups is 1. The molecule has 0 aliphatic heterocycles. The molecule has 2 aromatic heterocycles. The molecular weight excluding hydrogens is 332 g/mol. The van der Waals surface area contributed by atoms with Crippen LogP contribution in [0, 0.1) is 6.92 Å². The van der Waals surface area contributed by atoms with Gasteiger partial charge in [0.25, 0.3) is 5.22 Å². The Kier molecular flexibility index (Phi) is 4.73. The van der Waals surface area contributed by atoms with Gasteiger partial charge in [-0.15, -0.1) is 21.5 Å². The monoisotopic (exact) mass is 346 g/mol. The minimum Gasteiger partial charge on any atom is -0.411 e. The van der Waals surface area contributed by atoms with E-state index in [-0.39, 0.29) is 5.91 Å². The van der Waals surface area contributed by atoms with E-state index >= 15 is 0 Å². The second-order valence-electron chi connectivity index (χ2n) is 4.85. The van der Waals surface area contributed by atoms with E-state index in [1.165, 1.54) is 35.6 Å². The molecule has 1 aromatic carbocycles. The van der Waals surface area contributed by atoms with Crippen molar-refractivity contribution in [1.29, 1.82) is 0 Å². The van der Waals surface area contributed by atoms with Crippen LogP contribution in [0.25, 0.3) is 11.5 Å². The summed E-state index contributed by atoms with van der Waals surface area (Å²) in [7, 11) is 0. The number of anilines is 1. The van der Waals surface area contributed by atoms with E-state index < -0.39 is 0 Å². The average molecular weight is 346 g/mol. The molecule has 0 saturated carbocycles. The van der Waals surface area contributed by atoms with Crippen LogP contribution in [-0.4, -0.2) is 21.1 Å². The molecule has 0 radical (unpaired) electrons. The first-order valence-electron chi connectivity index (χ1n) is 6.85. The molecular formula is C15H14N4O2S2. The van der Waals surface area contributed by atoms with Gasteiger partial charge < -0.3 is 9.73 Å². The summed E-state index contributed by atoms with van der Waals surface area (Å²) in [5, 5.41) is 13.7. The molecule has 1 amide bonds. The Hall–Kier alpha value is -2.19. The molecule has 0 bridgehead atoms. The Balaban J connectivity index is 1.62. The number of hydrogen-bond acceptors (Lipinski definition) is 7. The lowest BCUT2D eigenvalue weighted by molar-refractivity contribution is -0.114. The Morgan fingerprint density at radius 3 is 2.83 bits per heavy atom. The summed E-state index contributed by atoms with van der Waals surface area (Å²) in [6.45, 7) is 3.49. The van der Waals surface area contributed by atoms with E-state index in [1.807, 2.05) is 36.6 Å². The van der Waals surface area contributed by atoms with Crippen LogP contribution < -0.4 is 5.32 Å². The first kappa shape index (κ1) is 15.7. The van der Waals surface area contributed by atoms with Gasteiger partial charge in [-0.2, -0.15) is 0 Å². The zero-order chi connectivity index (χ0) is 16.2. The van der Waals surface area contributed by atoms with Gasteiger partial charge in [0.2, 0.25) is 11.8 Å². The fourth-order valence-electron chi connectivity index (χ4n) is 1.80. The summed E-state index contributed by atoms with van der Waals surface area (Å²) in [5.41, 5.74) is 2.94. The van der Waals surface area contributed by atoms with Crippen molar-refractivity contribution in [2.75, 3.05) is 5.32 Å². The summed E-state index contributed by atoms with van der Waals surface area (Å²) < 4.78 is 5.65. The molecule has 0 aliphatic carbocycles. The van der Waals surface area contributed by atoms with Gasteiger partial charge in [-0.25, -0.2) is 4.98 Å². The normalized spacial score (nSPS) is 10.7. The maximum atomic E-state index is 11.0. The Bertz CT molecular complexity index is 811. The Labute approximate surface area is 141 Å². The minimum atomic E-state index is -0.127. The summed E-state index contributed by atoms with van der Waals surface area (Å²) in [5.74, 6) is 0.980. The van der Waals surface area contributed by atoms with Crippen LogP contribution in [0.1, 0.15) is 18.2 Å². The smallest absolute Gasteiger partial charge is 0.277 e. The Morgan fingerprint density at radius 1 is 1.30 bits per heavy atom. The highest BCUT2D eigenvalue weighted by Gasteiger charge is 2.10. The maximum absolute atomic E-state index is 11.0. The second kappa shape index (κ2) is 6.93. The van der Waals surface area contributed by atoms with Gasteiger partial charge in [0.15, 0.2) is 5.13 Å². The predicted molar refractivity (Wildman–Crippen MR) is 90.4 cm³/mol. The summed E-state index contributed by atoms with van der Waals surface area (Å²) in [6, 6.07) is 7.92. The SMILES string of the molecule is CC(=O)Nc1nc(CSc2nnc(-c3ccc(C)cc3)o2)cs1. The third-order valence-corrected chi connectivity index (χ3v) is 4.54. The molecule has 1 N–H and O–H groups in total. The molecule has 0 aliphatic rings. The molecule has 0 unspecified atom stereocenters. The van der Waals surface area contributed by atoms with Crippen LogP contribution in [0.2, 0.25) is 0 Å². The van der Waals surface area contributed by atoms with Gasteiger partial charge in [0.1, 0.15) is 0 Å². The number of hydrogen-bond donors (Lipinski definition) is 1. The highest BCUT2D eigenvalue weighted by Crippen LogP contribution is 2.27. The van der Waals surface area contributed by atoms with Gasteiger partial charge in [0, 0.05) is 23.6 Å². The Morgan fingerprint density at radius 2 is 2.09 bits per heavy atom. The van der Waals surface area contributed by atoms with E-state index in [2.05, 4.69) is 20.5 Å². The average Bonchev–Trinajstić information content (AvgIpc) is 3.14. The van der Waals surface area contributed by atoms with Crippen molar-refractivity contribution < 1.29 is 9.21 Å². The van der Waals surface area contributed by atoms with Crippen molar-refractivity contribution in [3.05, 3.63) is 40.9 Å². The molecule has 0 fully saturated rings. The molecule has 6 nitrogen and oxygen atoms in total. The zero-order valence-electron chi connectivity index (χ0n) is 12.6. The summed E-state index contributed by atoms with van der Waals surface area (Å²) in [4.78, 5) is 15.3. The maximum Gasteiger partial charge on any atom is 0.277 e. The molecule has 8 heteroatoms. The van der Waals surface area contributed by atoms with E-state index in [0.717, 1.165) is 11.3 Å². The number of aromatic nitrogens is 3. The summed E-state index contributed by atoms with van der Waals surface area (Å²) in [6.07, 6.45) is 0. The lowest BCUT2D eigenvalue weighted by Crippen LogP contribution is -2.05. The highest BCUT2D eigenvalue weighted by molar-refractivity contribution is 7.98. The number of nitrogens with one attached hydrogen (secondary N) is 1. The van der Waals surface area contributed by atoms with Gasteiger partial charge >= 0.3 is 0 Å². The standard InChI is InChI=1S/C15H14N4O2S2/c1-9-3-5-11(6-4-9)13-18-19-15(21-13)23-8-12-7-22-14(17-12)16-10(2)20/h3-7H,8H2,1-2H3,(H,16,17,20). The van der Waals surface area contributed by atoms with Crippen LogP contribution in [0.3, 0.4) is 0 Å². The van der Waals surface area contributed by atoms with Crippen LogP contribution in [0.5, 0.6) is 0 Å². The largest absolute Gasteiger partial charge is 0.411 e. The van der Waals surface area contributed by atoms with E-state index in [1.54, 1.807) is 0 Å². The first-order valence-corrected chi connectivity index (χ1v) is 8.72. The molecule has 0 atom stereocenters. The third kappa shape index (κ3) is 4.17. The van der Waals surface area contributed by atoms with Gasteiger partial charge in [-0.1, -0.05) is 29.5 Å². The minimum absolute atomic E-state index is 0.127. The molecule has 118 valence electrons. The van der Waals surface area contributed by atoms with Gasteiger partial charge in [-0.05, 0) is 19.1 Å². The lowest BCUT2D eigenvalue weighted by Gasteiger charge is -1.95. The number of amides is 1. The molecule has 0 spiro atoms. The van der Waals surface area contributed by atoms with Gasteiger partial charge in [-0.3, -0.25) is 4.79 Å². The van der Waals surface area contributed by atoms with Crippen LogP contribution in [0.15, 0.2) is 39.3 Å². The van der Waals surface area contributed by atoms with Crippen molar-refractivity contribution in [1.82, 2.24) is 15.2 Å². The number of rotatable bonds is 5. The molecule has 23 heavy (non-hydrogen) atoms. The molecule has 3 rings (SSSR count). The number of nitrogens with zero attached hydrogens (tertiary/aromatic N) is 3. The van der Waals surface area contributed by atoms with Crippen molar-refractivity contribution >= 4 is 34.1 Å². The lowest BCUT2D eigenvalue weighted by atomic mass is 10.1. The quantitative estimate of drug-likeness (QED) is 0.709. The topological polar surface area (TPSA) is 80.9 Å². The highest BCUT2D eigenvalue weighted by atomic mass is 32.2. The predicted octanol–water partition coefficient (Wildman–Crippen LogP) is 3.75. The van der Waals surface area contributed by atoms with E-state index in [4.69, 9.17) is 4.42 Å². The van der Waals surface area contributed by atoms with Gasteiger partial charge in [0.05, 0.1) is 5.69 Å². The molecule has 0 saturated heterocycles. The second-order valence-corrected chi connectivity index (χ2v) is 6.64. The van der Waals surface area contributed by atoms with E-state index in [0.29, 0.717) is 22.0 Å². The fourth-order valence-corrected chi connectivity index (χ4v) is 3.32. The zero-order valence-corrected chi connectivity index (χ0v) is 14.2. The number of benzene rings is 1. The van der Waals surface area contributed by atoms with Crippen molar-refractivity contribution in [3.8, 4) is 11.5 Å². The van der Waals surface area contributed by atoms with Crippen LogP contribution in [0.4, 0.5) is 5.13 Å². The first-order chi connectivity index (χ1) is 11.1. The number of thiazole rings is 1. The number of carbonyl (C=O) groups is 1. The van der Waals surface area contributed by atoms with Crippen molar-refractivity contribution in [2.24, 2.45) is 0 Å². The summed E-state index contributed by atoms with van der Waals surface area (Å²) >= 11 is 2.81. The third-order valence-electron chi connectivity index (χ3n) is 2.88. The number of aryl methyl sites for hydroxylation is 1. The molecule has 3 aromatic rings. The van der Waals surface area contributed by atoms with Crippen molar-refractivity contribution in [3.63, 3.8) is 0 Å². The fraction of sp³-hybridized carbons (Fsp3) is 0.200. The molecule has 2 heterocycles. The number of carbonyl (C=O) groups excluding carboxylic acids is 1. The van der Waals surface area contributed by atoms with Crippen LogP contribution >= 0.6 is 23.1 Å².